The maximum Gasteiger partial charge on any atom is 0.333 e. The topological polar surface area (TPSA) is 76.4 Å². The van der Waals surface area contributed by atoms with Gasteiger partial charge in [-0.15, -0.1) is 0 Å². The van der Waals surface area contributed by atoms with Crippen molar-refractivity contribution in [1.82, 2.24) is 5.32 Å². The van der Waals surface area contributed by atoms with Crippen LogP contribution in [0.1, 0.15) is 20.3 Å². The van der Waals surface area contributed by atoms with E-state index < -0.39 is 0 Å². The SMILES string of the molecule is CC(C)Oc1cccc(NCC2CCNC2)c1[N+](=O)[O-]. The fraction of sp³-hybridized carbons (Fsp3) is 0.571. The predicted molar refractivity (Wildman–Crippen MR) is 78.3 cm³/mol. The quantitative estimate of drug-likeness (QED) is 0.617. The Labute approximate surface area is 118 Å². The highest BCUT2D eigenvalue weighted by Gasteiger charge is 2.23. The summed E-state index contributed by atoms with van der Waals surface area (Å²) in [7, 11) is 0. The standard InChI is InChI=1S/C14H21N3O3/c1-10(2)20-13-5-3-4-12(14(13)17(18)19)16-9-11-6-7-15-8-11/h3-5,10-11,15-16H,6-9H2,1-2H3. The molecule has 1 aromatic rings. The zero-order valence-corrected chi connectivity index (χ0v) is 11.9. The third-order valence-corrected chi connectivity index (χ3v) is 3.29. The van der Waals surface area contributed by atoms with Crippen molar-refractivity contribution in [2.75, 3.05) is 25.0 Å². The van der Waals surface area contributed by atoms with Crippen LogP contribution in [0.2, 0.25) is 0 Å². The van der Waals surface area contributed by atoms with Crippen molar-refractivity contribution in [2.45, 2.75) is 26.4 Å². The van der Waals surface area contributed by atoms with Crippen LogP contribution >= 0.6 is 0 Å². The summed E-state index contributed by atoms with van der Waals surface area (Å²) >= 11 is 0. The number of para-hydroxylation sites is 1. The Bertz CT molecular complexity index is 471. The molecule has 0 saturated carbocycles. The van der Waals surface area contributed by atoms with Gasteiger partial charge in [-0.05, 0) is 51.4 Å². The Morgan fingerprint density at radius 3 is 2.95 bits per heavy atom. The van der Waals surface area contributed by atoms with Gasteiger partial charge in [0, 0.05) is 6.54 Å². The van der Waals surface area contributed by atoms with Crippen LogP contribution in [-0.4, -0.2) is 30.7 Å². The van der Waals surface area contributed by atoms with E-state index in [1.54, 1.807) is 18.2 Å². The number of hydrogen-bond acceptors (Lipinski definition) is 5. The van der Waals surface area contributed by atoms with E-state index in [1.807, 2.05) is 13.8 Å². The highest BCUT2D eigenvalue weighted by molar-refractivity contribution is 5.68. The van der Waals surface area contributed by atoms with Gasteiger partial charge in [0.2, 0.25) is 0 Å². The molecule has 2 N–H and O–H groups in total. The molecule has 0 radical (unpaired) electrons. The smallest absolute Gasteiger partial charge is 0.333 e. The first-order chi connectivity index (χ1) is 9.58. The number of anilines is 1. The minimum absolute atomic E-state index is 0.0205. The number of nitro groups is 1. The number of rotatable bonds is 6. The second kappa shape index (κ2) is 6.56. The van der Waals surface area contributed by atoms with Gasteiger partial charge in [-0.3, -0.25) is 10.1 Å². The fourth-order valence-electron chi connectivity index (χ4n) is 2.35. The summed E-state index contributed by atoms with van der Waals surface area (Å²) in [5.74, 6) is 0.837. The number of nitrogens with zero attached hydrogens (tertiary/aromatic N) is 1. The zero-order valence-electron chi connectivity index (χ0n) is 11.9. The van der Waals surface area contributed by atoms with Gasteiger partial charge in [0.05, 0.1) is 11.0 Å². The number of hydrogen-bond donors (Lipinski definition) is 2. The van der Waals surface area contributed by atoms with Crippen molar-refractivity contribution in [1.29, 1.82) is 0 Å². The fourth-order valence-corrected chi connectivity index (χ4v) is 2.35. The molecule has 1 heterocycles. The van der Waals surface area contributed by atoms with Crippen molar-refractivity contribution in [3.63, 3.8) is 0 Å². The van der Waals surface area contributed by atoms with Crippen LogP contribution in [0, 0.1) is 16.0 Å². The molecule has 0 amide bonds. The lowest BCUT2D eigenvalue weighted by atomic mass is 10.1. The summed E-state index contributed by atoms with van der Waals surface area (Å²) in [5, 5.41) is 17.8. The molecule has 1 unspecified atom stereocenters. The average Bonchev–Trinajstić information content (AvgIpc) is 2.88. The van der Waals surface area contributed by atoms with Crippen LogP contribution < -0.4 is 15.4 Å². The van der Waals surface area contributed by atoms with Gasteiger partial charge in [0.25, 0.3) is 0 Å². The first kappa shape index (κ1) is 14.6. The molecule has 0 aromatic heterocycles. The normalized spacial score (nSPS) is 18.2. The Balaban J connectivity index is 2.15. The molecule has 110 valence electrons. The van der Waals surface area contributed by atoms with E-state index in [0.717, 1.165) is 26.1 Å². The lowest BCUT2D eigenvalue weighted by Crippen LogP contribution is -2.18. The van der Waals surface area contributed by atoms with Crippen molar-refractivity contribution in [2.24, 2.45) is 5.92 Å². The number of ether oxygens (including phenoxy) is 1. The molecular formula is C14H21N3O3. The molecule has 2 rings (SSSR count). The minimum atomic E-state index is -0.382. The van der Waals surface area contributed by atoms with E-state index in [2.05, 4.69) is 10.6 Å². The molecule has 1 aromatic carbocycles. The van der Waals surface area contributed by atoms with Crippen LogP contribution in [0.15, 0.2) is 18.2 Å². The number of nitro benzene ring substituents is 1. The highest BCUT2D eigenvalue weighted by atomic mass is 16.6. The van der Waals surface area contributed by atoms with E-state index in [9.17, 15) is 10.1 Å². The van der Waals surface area contributed by atoms with E-state index in [4.69, 9.17) is 4.74 Å². The Hall–Kier alpha value is -1.82. The van der Waals surface area contributed by atoms with E-state index in [-0.39, 0.29) is 16.7 Å². The van der Waals surface area contributed by atoms with Gasteiger partial charge in [-0.1, -0.05) is 6.07 Å². The van der Waals surface area contributed by atoms with Crippen LogP contribution in [0.25, 0.3) is 0 Å². The number of benzene rings is 1. The maximum absolute atomic E-state index is 11.3. The number of nitrogens with one attached hydrogen (secondary N) is 2. The third kappa shape index (κ3) is 3.60. The van der Waals surface area contributed by atoms with Crippen molar-refractivity contribution >= 4 is 11.4 Å². The van der Waals surface area contributed by atoms with Crippen LogP contribution in [0.4, 0.5) is 11.4 Å². The summed E-state index contributed by atoms with van der Waals surface area (Å²) in [6.07, 6.45) is 1.01. The second-order valence-electron chi connectivity index (χ2n) is 5.32. The first-order valence-electron chi connectivity index (χ1n) is 6.96. The van der Waals surface area contributed by atoms with E-state index >= 15 is 0 Å². The van der Waals surface area contributed by atoms with Gasteiger partial charge in [0.15, 0.2) is 5.75 Å². The molecule has 1 aliphatic rings. The molecule has 1 aliphatic heterocycles. The zero-order chi connectivity index (χ0) is 14.5. The highest BCUT2D eigenvalue weighted by Crippen LogP contribution is 2.35. The molecule has 0 spiro atoms. The van der Waals surface area contributed by atoms with Crippen LogP contribution in [-0.2, 0) is 0 Å². The van der Waals surface area contributed by atoms with E-state index in [1.165, 1.54) is 0 Å². The van der Waals surface area contributed by atoms with Crippen molar-refractivity contribution in [3.8, 4) is 5.75 Å². The maximum atomic E-state index is 11.3. The molecule has 20 heavy (non-hydrogen) atoms. The van der Waals surface area contributed by atoms with Crippen LogP contribution in [0.3, 0.4) is 0 Å². The molecule has 0 aliphatic carbocycles. The molecular weight excluding hydrogens is 258 g/mol. The largest absolute Gasteiger partial charge is 0.484 e. The molecule has 1 atom stereocenters. The van der Waals surface area contributed by atoms with Gasteiger partial charge in [-0.2, -0.15) is 0 Å². The lowest BCUT2D eigenvalue weighted by molar-refractivity contribution is -0.385. The first-order valence-corrected chi connectivity index (χ1v) is 6.96. The summed E-state index contributed by atoms with van der Waals surface area (Å²) in [5.41, 5.74) is 0.548. The second-order valence-corrected chi connectivity index (χ2v) is 5.32. The summed E-state index contributed by atoms with van der Waals surface area (Å²) in [4.78, 5) is 10.9. The monoisotopic (exact) mass is 279 g/mol. The van der Waals surface area contributed by atoms with Gasteiger partial charge >= 0.3 is 5.69 Å². The Morgan fingerprint density at radius 1 is 1.55 bits per heavy atom. The van der Waals surface area contributed by atoms with Crippen LogP contribution in [0.5, 0.6) is 5.75 Å². The molecule has 1 fully saturated rings. The minimum Gasteiger partial charge on any atom is -0.484 e. The summed E-state index contributed by atoms with van der Waals surface area (Å²) in [6.45, 7) is 6.43. The lowest BCUT2D eigenvalue weighted by Gasteiger charge is -2.14. The predicted octanol–water partition coefficient (Wildman–Crippen LogP) is 2.40. The van der Waals surface area contributed by atoms with Gasteiger partial charge in [-0.25, -0.2) is 0 Å². The summed E-state index contributed by atoms with van der Waals surface area (Å²) in [6, 6.07) is 5.15. The van der Waals surface area contributed by atoms with Gasteiger partial charge < -0.3 is 15.4 Å². The summed E-state index contributed by atoms with van der Waals surface area (Å²) < 4.78 is 5.53. The Morgan fingerprint density at radius 2 is 2.35 bits per heavy atom. The van der Waals surface area contributed by atoms with Crippen molar-refractivity contribution in [3.05, 3.63) is 28.3 Å². The van der Waals surface area contributed by atoms with E-state index in [0.29, 0.717) is 17.4 Å². The Kier molecular flexibility index (Phi) is 4.79. The molecule has 6 nitrogen and oxygen atoms in total. The average molecular weight is 279 g/mol. The van der Waals surface area contributed by atoms with Crippen molar-refractivity contribution < 1.29 is 9.66 Å². The van der Waals surface area contributed by atoms with Gasteiger partial charge in [0.1, 0.15) is 5.69 Å². The molecule has 6 heteroatoms. The molecule has 1 saturated heterocycles. The molecule has 0 bridgehead atoms. The third-order valence-electron chi connectivity index (χ3n) is 3.29.